The first-order valence-electron chi connectivity index (χ1n) is 7.71. The van der Waals surface area contributed by atoms with E-state index in [-0.39, 0.29) is 11.7 Å². The molecule has 1 atom stereocenters. The van der Waals surface area contributed by atoms with Crippen LogP contribution in [-0.4, -0.2) is 50.6 Å². The van der Waals surface area contributed by atoms with Gasteiger partial charge in [0.25, 0.3) is 5.91 Å². The largest absolute Gasteiger partial charge is 0.481 e. The molecule has 0 fully saturated rings. The highest BCUT2D eigenvalue weighted by molar-refractivity contribution is 7.89. The van der Waals surface area contributed by atoms with Crippen molar-refractivity contribution in [2.75, 3.05) is 25.9 Å². The van der Waals surface area contributed by atoms with Crippen LogP contribution >= 0.6 is 0 Å². The van der Waals surface area contributed by atoms with Gasteiger partial charge in [-0.25, -0.2) is 12.7 Å². The standard InChI is InChI=1S/C16H26N2O4S/c1-5-23(20,21)18(4)11-7-10-17-16(19)14(3)22-15-9-6-8-13(2)12-15/h6,8-9,12,14H,5,7,10-11H2,1-4H3,(H,17,19). The summed E-state index contributed by atoms with van der Waals surface area (Å²) in [5.41, 5.74) is 1.07. The number of amides is 1. The van der Waals surface area contributed by atoms with Crippen molar-refractivity contribution in [3.8, 4) is 5.75 Å². The summed E-state index contributed by atoms with van der Waals surface area (Å²) in [7, 11) is -1.62. The first kappa shape index (κ1) is 19.4. The van der Waals surface area contributed by atoms with Crippen LogP contribution in [0.3, 0.4) is 0 Å². The van der Waals surface area contributed by atoms with Crippen molar-refractivity contribution in [2.45, 2.75) is 33.3 Å². The van der Waals surface area contributed by atoms with Crippen molar-refractivity contribution >= 4 is 15.9 Å². The van der Waals surface area contributed by atoms with E-state index < -0.39 is 16.1 Å². The van der Waals surface area contributed by atoms with Crippen LogP contribution in [0.4, 0.5) is 0 Å². The third-order valence-electron chi connectivity index (χ3n) is 3.46. The molecule has 1 aromatic rings. The van der Waals surface area contributed by atoms with Crippen LogP contribution in [0.15, 0.2) is 24.3 Å². The molecule has 0 aliphatic carbocycles. The molecule has 1 aromatic carbocycles. The summed E-state index contributed by atoms with van der Waals surface area (Å²) in [6, 6.07) is 7.51. The Morgan fingerprint density at radius 3 is 2.70 bits per heavy atom. The zero-order valence-corrected chi connectivity index (χ0v) is 15.0. The molecular formula is C16H26N2O4S. The Morgan fingerprint density at radius 1 is 1.39 bits per heavy atom. The Morgan fingerprint density at radius 2 is 2.09 bits per heavy atom. The van der Waals surface area contributed by atoms with Gasteiger partial charge in [-0.2, -0.15) is 0 Å². The molecule has 0 aromatic heterocycles. The van der Waals surface area contributed by atoms with E-state index in [4.69, 9.17) is 4.74 Å². The van der Waals surface area contributed by atoms with Gasteiger partial charge in [0.05, 0.1) is 5.75 Å². The van der Waals surface area contributed by atoms with Crippen molar-refractivity contribution in [3.63, 3.8) is 0 Å². The molecule has 0 aliphatic rings. The first-order valence-corrected chi connectivity index (χ1v) is 9.32. The minimum absolute atomic E-state index is 0.0806. The SMILES string of the molecule is CCS(=O)(=O)N(C)CCCNC(=O)C(C)Oc1cccc(C)c1. The van der Waals surface area contributed by atoms with Crippen LogP contribution in [0.2, 0.25) is 0 Å². The van der Waals surface area contributed by atoms with Gasteiger partial charge in [-0.15, -0.1) is 0 Å². The van der Waals surface area contributed by atoms with Gasteiger partial charge >= 0.3 is 0 Å². The number of aryl methyl sites for hydroxylation is 1. The summed E-state index contributed by atoms with van der Waals surface area (Å²) in [5.74, 6) is 0.519. The number of carbonyl (C=O) groups is 1. The zero-order valence-electron chi connectivity index (χ0n) is 14.2. The van der Waals surface area contributed by atoms with E-state index in [2.05, 4.69) is 5.32 Å². The second-order valence-corrected chi connectivity index (χ2v) is 7.81. The molecule has 23 heavy (non-hydrogen) atoms. The Labute approximate surface area is 138 Å². The van der Waals surface area contributed by atoms with E-state index in [1.165, 1.54) is 4.31 Å². The van der Waals surface area contributed by atoms with Gasteiger partial charge in [0.15, 0.2) is 6.10 Å². The lowest BCUT2D eigenvalue weighted by Gasteiger charge is -2.17. The first-order chi connectivity index (χ1) is 10.8. The number of rotatable bonds is 9. The molecule has 1 N–H and O–H groups in total. The van der Waals surface area contributed by atoms with Crippen molar-refractivity contribution in [3.05, 3.63) is 29.8 Å². The lowest BCUT2D eigenvalue weighted by molar-refractivity contribution is -0.127. The summed E-state index contributed by atoms with van der Waals surface area (Å²) < 4.78 is 30.1. The minimum Gasteiger partial charge on any atom is -0.481 e. The van der Waals surface area contributed by atoms with E-state index >= 15 is 0 Å². The third kappa shape index (κ3) is 6.58. The maximum atomic E-state index is 12.0. The Kier molecular flexibility index (Phi) is 7.51. The van der Waals surface area contributed by atoms with Crippen molar-refractivity contribution in [1.82, 2.24) is 9.62 Å². The van der Waals surface area contributed by atoms with Gasteiger partial charge in [-0.3, -0.25) is 4.79 Å². The molecule has 0 saturated carbocycles. The molecular weight excluding hydrogens is 316 g/mol. The van der Waals surface area contributed by atoms with E-state index in [9.17, 15) is 13.2 Å². The minimum atomic E-state index is -3.16. The van der Waals surface area contributed by atoms with Gasteiger partial charge in [0.2, 0.25) is 10.0 Å². The van der Waals surface area contributed by atoms with Crippen LogP contribution in [0.25, 0.3) is 0 Å². The normalized spacial score (nSPS) is 12.9. The maximum absolute atomic E-state index is 12.0. The molecule has 0 radical (unpaired) electrons. The summed E-state index contributed by atoms with van der Waals surface area (Å²) in [6.45, 7) is 6.04. The lowest BCUT2D eigenvalue weighted by atomic mass is 10.2. The number of carbonyl (C=O) groups excluding carboxylic acids is 1. The summed E-state index contributed by atoms with van der Waals surface area (Å²) in [4.78, 5) is 12.0. The number of benzene rings is 1. The molecule has 130 valence electrons. The Bertz CT molecular complexity index is 616. The summed E-state index contributed by atoms with van der Waals surface area (Å²) in [5, 5.41) is 2.76. The Hall–Kier alpha value is -1.60. The van der Waals surface area contributed by atoms with Gasteiger partial charge in [0.1, 0.15) is 5.75 Å². The van der Waals surface area contributed by atoms with Crippen LogP contribution in [-0.2, 0) is 14.8 Å². The van der Waals surface area contributed by atoms with Crippen molar-refractivity contribution in [2.24, 2.45) is 0 Å². The van der Waals surface area contributed by atoms with E-state index in [1.807, 2.05) is 25.1 Å². The quantitative estimate of drug-likeness (QED) is 0.691. The van der Waals surface area contributed by atoms with Gasteiger partial charge in [0, 0.05) is 20.1 Å². The van der Waals surface area contributed by atoms with Crippen molar-refractivity contribution in [1.29, 1.82) is 0 Å². The van der Waals surface area contributed by atoms with Crippen LogP contribution in [0.5, 0.6) is 5.75 Å². The molecule has 0 spiro atoms. The summed E-state index contributed by atoms with van der Waals surface area (Å²) >= 11 is 0. The second-order valence-electron chi connectivity index (χ2n) is 5.44. The fraction of sp³-hybridized carbons (Fsp3) is 0.562. The van der Waals surface area contributed by atoms with Crippen molar-refractivity contribution < 1.29 is 17.9 Å². The van der Waals surface area contributed by atoms with Gasteiger partial charge < -0.3 is 10.1 Å². The van der Waals surface area contributed by atoms with Crippen LogP contribution in [0.1, 0.15) is 25.8 Å². The molecule has 1 unspecified atom stereocenters. The van der Waals surface area contributed by atoms with E-state index in [1.54, 1.807) is 27.0 Å². The number of hydrogen-bond acceptors (Lipinski definition) is 4. The number of ether oxygens (including phenoxy) is 1. The number of hydrogen-bond donors (Lipinski definition) is 1. The molecule has 1 amide bonds. The van der Waals surface area contributed by atoms with Gasteiger partial charge in [-0.1, -0.05) is 12.1 Å². The maximum Gasteiger partial charge on any atom is 0.260 e. The molecule has 6 nitrogen and oxygen atoms in total. The van der Waals surface area contributed by atoms with Crippen LogP contribution < -0.4 is 10.1 Å². The van der Waals surface area contributed by atoms with E-state index in [0.29, 0.717) is 25.3 Å². The predicted octanol–water partition coefficient (Wildman–Crippen LogP) is 1.55. The number of nitrogens with zero attached hydrogens (tertiary/aromatic N) is 1. The average molecular weight is 342 g/mol. The van der Waals surface area contributed by atoms with E-state index in [0.717, 1.165) is 5.56 Å². The molecule has 7 heteroatoms. The third-order valence-corrected chi connectivity index (χ3v) is 5.32. The number of nitrogens with one attached hydrogen (secondary N) is 1. The number of sulfonamides is 1. The second kappa shape index (κ2) is 8.88. The predicted molar refractivity (Wildman–Crippen MR) is 91.0 cm³/mol. The Balaban J connectivity index is 2.33. The smallest absolute Gasteiger partial charge is 0.260 e. The molecule has 1 rings (SSSR count). The molecule has 0 heterocycles. The lowest BCUT2D eigenvalue weighted by Crippen LogP contribution is -2.38. The highest BCUT2D eigenvalue weighted by atomic mass is 32.2. The highest BCUT2D eigenvalue weighted by Crippen LogP contribution is 2.14. The molecule has 0 saturated heterocycles. The molecule has 0 bridgehead atoms. The van der Waals surface area contributed by atoms with Crippen LogP contribution in [0, 0.1) is 6.92 Å². The average Bonchev–Trinajstić information content (AvgIpc) is 2.50. The summed E-state index contributed by atoms with van der Waals surface area (Å²) in [6.07, 6.45) is -0.0487. The topological polar surface area (TPSA) is 75.7 Å². The zero-order chi connectivity index (χ0) is 17.5. The molecule has 0 aliphatic heterocycles. The highest BCUT2D eigenvalue weighted by Gasteiger charge is 2.16. The monoisotopic (exact) mass is 342 g/mol. The fourth-order valence-corrected chi connectivity index (χ4v) is 2.81. The fourth-order valence-electron chi connectivity index (χ4n) is 1.96. The van der Waals surface area contributed by atoms with Gasteiger partial charge in [-0.05, 0) is 44.9 Å².